The molecular formula is C20H24N6O2. The summed E-state index contributed by atoms with van der Waals surface area (Å²) in [5.74, 6) is 0.568. The number of urea groups is 1. The number of benzene rings is 1. The third-order valence-electron chi connectivity index (χ3n) is 5.70. The van der Waals surface area contributed by atoms with E-state index in [9.17, 15) is 9.59 Å². The number of carbonyl (C=O) groups excluding carboxylic acids is 2. The maximum Gasteiger partial charge on any atom is 0.321 e. The van der Waals surface area contributed by atoms with Gasteiger partial charge in [0, 0.05) is 44.8 Å². The van der Waals surface area contributed by atoms with Crippen LogP contribution in [0.1, 0.15) is 12.8 Å². The number of likely N-dealkylation sites (tertiary alicyclic amines) is 1. The van der Waals surface area contributed by atoms with Crippen molar-refractivity contribution in [3.05, 3.63) is 48.8 Å². The summed E-state index contributed by atoms with van der Waals surface area (Å²) < 4.78 is 0. The molecule has 0 radical (unpaired) electrons. The van der Waals surface area contributed by atoms with Crippen LogP contribution in [0.25, 0.3) is 0 Å². The van der Waals surface area contributed by atoms with Crippen LogP contribution in [0.2, 0.25) is 0 Å². The number of nitrogens with zero attached hydrogens (tertiary/aromatic N) is 4. The Morgan fingerprint density at radius 2 is 1.89 bits per heavy atom. The lowest BCUT2D eigenvalue weighted by molar-refractivity contribution is -0.131. The minimum absolute atomic E-state index is 0.0341. The lowest BCUT2D eigenvalue weighted by Gasteiger charge is -2.43. The zero-order valence-corrected chi connectivity index (χ0v) is 15.8. The average Bonchev–Trinajstić information content (AvgIpc) is 3.16. The molecule has 4 rings (SSSR count). The zero-order chi connectivity index (χ0) is 19.6. The SMILES string of the molecule is CNC(=O)[C@]12CCCN(c3ncccn3)[C@H]1CN(C(=O)Nc1ccccc1)C2. The van der Waals surface area contributed by atoms with E-state index in [2.05, 4.69) is 25.5 Å². The molecule has 0 unspecified atom stereocenters. The van der Waals surface area contributed by atoms with E-state index in [4.69, 9.17) is 0 Å². The highest BCUT2D eigenvalue weighted by Crippen LogP contribution is 2.43. The van der Waals surface area contributed by atoms with E-state index in [0.29, 0.717) is 19.0 Å². The van der Waals surface area contributed by atoms with Crippen LogP contribution in [-0.2, 0) is 4.79 Å². The first-order valence-electron chi connectivity index (χ1n) is 9.51. The summed E-state index contributed by atoms with van der Waals surface area (Å²) in [6, 6.07) is 10.8. The quantitative estimate of drug-likeness (QED) is 0.846. The van der Waals surface area contributed by atoms with Crippen molar-refractivity contribution in [1.29, 1.82) is 0 Å². The molecule has 2 N–H and O–H groups in total. The van der Waals surface area contributed by atoms with Gasteiger partial charge in [-0.15, -0.1) is 0 Å². The van der Waals surface area contributed by atoms with E-state index >= 15 is 0 Å². The fraction of sp³-hybridized carbons (Fsp3) is 0.400. The third kappa shape index (κ3) is 3.15. The van der Waals surface area contributed by atoms with E-state index in [0.717, 1.165) is 25.1 Å². The summed E-state index contributed by atoms with van der Waals surface area (Å²) in [6.07, 6.45) is 4.98. The molecule has 8 nitrogen and oxygen atoms in total. The number of nitrogens with one attached hydrogen (secondary N) is 2. The van der Waals surface area contributed by atoms with Crippen LogP contribution in [0.5, 0.6) is 0 Å². The third-order valence-corrected chi connectivity index (χ3v) is 5.70. The van der Waals surface area contributed by atoms with Gasteiger partial charge < -0.3 is 20.4 Å². The minimum atomic E-state index is -0.666. The summed E-state index contributed by atoms with van der Waals surface area (Å²) >= 11 is 0. The number of rotatable bonds is 3. The standard InChI is InChI=1S/C20H24N6O2/c1-21-17(27)20-9-5-12-26(18-22-10-6-11-23-18)16(20)13-25(14-20)19(28)24-15-7-3-2-4-8-15/h2-4,6-8,10-11,16H,5,9,12-14H2,1H3,(H,21,27)(H,24,28)/t16-,20-/m0/s1. The number of amides is 3. The molecule has 3 heterocycles. The summed E-state index contributed by atoms with van der Waals surface area (Å²) in [6.45, 7) is 1.59. The van der Waals surface area contributed by atoms with Gasteiger partial charge in [0.05, 0.1) is 11.5 Å². The lowest BCUT2D eigenvalue weighted by atomic mass is 9.74. The molecule has 2 atom stereocenters. The van der Waals surface area contributed by atoms with Crippen LogP contribution in [-0.4, -0.2) is 59.5 Å². The summed E-state index contributed by atoms with van der Waals surface area (Å²) in [5.41, 5.74) is 0.0693. The van der Waals surface area contributed by atoms with E-state index in [-0.39, 0.29) is 18.0 Å². The van der Waals surface area contributed by atoms with Crippen molar-refractivity contribution in [3.8, 4) is 0 Å². The molecule has 8 heteroatoms. The van der Waals surface area contributed by atoms with Crippen LogP contribution in [0.3, 0.4) is 0 Å². The zero-order valence-electron chi connectivity index (χ0n) is 15.8. The monoisotopic (exact) mass is 380 g/mol. The number of fused-ring (bicyclic) bond motifs is 1. The van der Waals surface area contributed by atoms with Crippen molar-refractivity contribution in [3.63, 3.8) is 0 Å². The first kappa shape index (κ1) is 18.2. The molecule has 146 valence electrons. The van der Waals surface area contributed by atoms with Crippen molar-refractivity contribution in [1.82, 2.24) is 20.2 Å². The Morgan fingerprint density at radius 1 is 1.14 bits per heavy atom. The maximum atomic E-state index is 12.9. The Morgan fingerprint density at radius 3 is 2.61 bits per heavy atom. The predicted octanol–water partition coefficient (Wildman–Crippen LogP) is 1.73. The highest BCUT2D eigenvalue weighted by atomic mass is 16.2. The molecule has 2 saturated heterocycles. The highest BCUT2D eigenvalue weighted by molar-refractivity contribution is 5.92. The first-order valence-corrected chi connectivity index (χ1v) is 9.51. The second-order valence-corrected chi connectivity index (χ2v) is 7.27. The van der Waals surface area contributed by atoms with E-state index in [1.807, 2.05) is 30.3 Å². The molecule has 0 spiro atoms. The number of carbonyl (C=O) groups is 2. The van der Waals surface area contributed by atoms with Crippen molar-refractivity contribution in [2.24, 2.45) is 5.41 Å². The van der Waals surface area contributed by atoms with Crippen LogP contribution in [0, 0.1) is 5.41 Å². The molecule has 0 saturated carbocycles. The first-order chi connectivity index (χ1) is 13.6. The molecule has 1 aromatic carbocycles. The van der Waals surface area contributed by atoms with Gasteiger partial charge in [0.1, 0.15) is 0 Å². The van der Waals surface area contributed by atoms with Gasteiger partial charge in [0.25, 0.3) is 0 Å². The smallest absolute Gasteiger partial charge is 0.321 e. The maximum absolute atomic E-state index is 12.9. The average molecular weight is 380 g/mol. The number of piperidine rings is 1. The van der Waals surface area contributed by atoms with Gasteiger partial charge in [-0.2, -0.15) is 0 Å². The molecule has 28 heavy (non-hydrogen) atoms. The van der Waals surface area contributed by atoms with E-state index in [1.54, 1.807) is 30.4 Å². The fourth-order valence-electron chi connectivity index (χ4n) is 4.40. The van der Waals surface area contributed by atoms with Gasteiger partial charge >= 0.3 is 6.03 Å². The van der Waals surface area contributed by atoms with Gasteiger partial charge in [0.15, 0.2) is 0 Å². The van der Waals surface area contributed by atoms with Crippen LogP contribution in [0.15, 0.2) is 48.8 Å². The van der Waals surface area contributed by atoms with E-state index in [1.165, 1.54) is 0 Å². The number of hydrogen-bond donors (Lipinski definition) is 2. The lowest BCUT2D eigenvalue weighted by Crippen LogP contribution is -2.58. The van der Waals surface area contributed by atoms with Crippen molar-refractivity contribution in [2.75, 3.05) is 36.9 Å². The normalized spacial score (nSPS) is 23.8. The molecule has 0 aliphatic carbocycles. The number of anilines is 2. The van der Waals surface area contributed by atoms with Gasteiger partial charge in [-0.05, 0) is 31.0 Å². The largest absolute Gasteiger partial charge is 0.359 e. The molecule has 2 aliphatic heterocycles. The molecule has 2 fully saturated rings. The topological polar surface area (TPSA) is 90.5 Å². The number of aromatic nitrogens is 2. The number of hydrogen-bond acceptors (Lipinski definition) is 5. The molecular weight excluding hydrogens is 356 g/mol. The van der Waals surface area contributed by atoms with Crippen LogP contribution < -0.4 is 15.5 Å². The molecule has 2 aliphatic rings. The van der Waals surface area contributed by atoms with Crippen LogP contribution in [0.4, 0.5) is 16.4 Å². The predicted molar refractivity (Wildman–Crippen MR) is 106 cm³/mol. The van der Waals surface area contributed by atoms with Gasteiger partial charge in [-0.25, -0.2) is 14.8 Å². The summed E-state index contributed by atoms with van der Waals surface area (Å²) in [7, 11) is 1.65. The second kappa shape index (κ2) is 7.46. The number of para-hydroxylation sites is 1. The Bertz CT molecular complexity index is 846. The molecule has 3 amide bonds. The Balaban J connectivity index is 1.62. The fourth-order valence-corrected chi connectivity index (χ4v) is 4.40. The molecule has 2 aromatic rings. The van der Waals surface area contributed by atoms with Gasteiger partial charge in [-0.3, -0.25) is 4.79 Å². The van der Waals surface area contributed by atoms with E-state index < -0.39 is 5.41 Å². The second-order valence-electron chi connectivity index (χ2n) is 7.27. The molecule has 1 aromatic heterocycles. The summed E-state index contributed by atoms with van der Waals surface area (Å²) in [4.78, 5) is 38.4. The Kier molecular flexibility index (Phi) is 4.85. The Hall–Kier alpha value is -3.16. The highest BCUT2D eigenvalue weighted by Gasteiger charge is 2.57. The summed E-state index contributed by atoms with van der Waals surface area (Å²) in [5, 5.41) is 5.74. The van der Waals surface area contributed by atoms with Crippen molar-refractivity contribution in [2.45, 2.75) is 18.9 Å². The Labute approximate surface area is 164 Å². The van der Waals surface area contributed by atoms with Crippen LogP contribution >= 0.6 is 0 Å². The van der Waals surface area contributed by atoms with Crippen molar-refractivity contribution >= 4 is 23.6 Å². The van der Waals surface area contributed by atoms with Gasteiger partial charge in [-0.1, -0.05) is 18.2 Å². The minimum Gasteiger partial charge on any atom is -0.359 e. The van der Waals surface area contributed by atoms with Crippen molar-refractivity contribution < 1.29 is 9.59 Å². The van der Waals surface area contributed by atoms with Gasteiger partial charge in [0.2, 0.25) is 11.9 Å². The molecule has 0 bridgehead atoms.